The summed E-state index contributed by atoms with van der Waals surface area (Å²) in [5.41, 5.74) is 2.11. The molecule has 168 valence electrons. The van der Waals surface area contributed by atoms with Crippen LogP contribution in [0.25, 0.3) is 11.6 Å². The molecule has 0 aliphatic rings. The molecule has 0 unspecified atom stereocenters. The summed E-state index contributed by atoms with van der Waals surface area (Å²) in [6, 6.07) is 20.1. The maximum Gasteiger partial charge on any atom is 0.338 e. The molecule has 2 heterocycles. The molecule has 0 bridgehead atoms. The average Bonchev–Trinajstić information content (AvgIpc) is 3.49. The Bertz CT molecular complexity index is 1210. The van der Waals surface area contributed by atoms with Gasteiger partial charge in [-0.1, -0.05) is 42.1 Å². The zero-order valence-electron chi connectivity index (χ0n) is 17.9. The number of aromatic nitrogens is 3. The van der Waals surface area contributed by atoms with E-state index in [1.807, 2.05) is 41.0 Å². The third kappa shape index (κ3) is 5.69. The number of nitrogens with zero attached hydrogens (tertiary/aromatic N) is 3. The number of carbonyl (C=O) groups excluding carboxylic acids is 2. The van der Waals surface area contributed by atoms with Crippen LogP contribution in [0.2, 0.25) is 0 Å². The normalized spacial score (nSPS) is 10.7. The third-order valence-corrected chi connectivity index (χ3v) is 5.62. The number of benzene rings is 2. The van der Waals surface area contributed by atoms with Crippen molar-refractivity contribution in [3.05, 3.63) is 84.1 Å². The first-order valence-electron chi connectivity index (χ1n) is 10.3. The van der Waals surface area contributed by atoms with E-state index in [2.05, 4.69) is 15.5 Å². The Morgan fingerprint density at radius 2 is 1.82 bits per heavy atom. The van der Waals surface area contributed by atoms with Gasteiger partial charge < -0.3 is 14.5 Å². The molecule has 2 aromatic carbocycles. The topological polar surface area (TPSA) is 99.2 Å². The van der Waals surface area contributed by atoms with Crippen molar-refractivity contribution in [1.29, 1.82) is 0 Å². The largest absolute Gasteiger partial charge is 0.462 e. The van der Waals surface area contributed by atoms with Crippen LogP contribution in [-0.2, 0) is 16.1 Å². The summed E-state index contributed by atoms with van der Waals surface area (Å²) in [5.74, 6) is 0.761. The number of carbonyl (C=O) groups is 2. The fourth-order valence-electron chi connectivity index (χ4n) is 3.12. The molecule has 0 fully saturated rings. The van der Waals surface area contributed by atoms with Crippen molar-refractivity contribution in [2.45, 2.75) is 18.6 Å². The van der Waals surface area contributed by atoms with Crippen molar-refractivity contribution in [3.63, 3.8) is 0 Å². The second-order valence-corrected chi connectivity index (χ2v) is 7.93. The fourth-order valence-corrected chi connectivity index (χ4v) is 3.86. The molecule has 0 saturated carbocycles. The van der Waals surface area contributed by atoms with Gasteiger partial charge in [-0.05, 0) is 48.9 Å². The van der Waals surface area contributed by atoms with E-state index in [1.165, 1.54) is 11.8 Å². The SMILES string of the molecule is CCOC(=O)c1ccc(NC(=O)CSc2nnc(-c3ccco3)n2Cc2ccccc2)cc1. The number of hydrogen-bond acceptors (Lipinski definition) is 7. The van der Waals surface area contributed by atoms with Crippen LogP contribution >= 0.6 is 11.8 Å². The molecule has 1 amide bonds. The molecule has 9 heteroatoms. The molecule has 4 aromatic rings. The Morgan fingerprint density at radius 3 is 2.52 bits per heavy atom. The third-order valence-electron chi connectivity index (χ3n) is 4.65. The number of ether oxygens (including phenoxy) is 1. The average molecular weight is 463 g/mol. The van der Waals surface area contributed by atoms with Gasteiger partial charge in [-0.25, -0.2) is 4.79 Å². The number of anilines is 1. The van der Waals surface area contributed by atoms with Crippen molar-refractivity contribution >= 4 is 29.3 Å². The minimum atomic E-state index is -0.393. The van der Waals surface area contributed by atoms with Crippen molar-refractivity contribution in [1.82, 2.24) is 14.8 Å². The molecule has 4 rings (SSSR count). The van der Waals surface area contributed by atoms with Crippen LogP contribution in [0.15, 0.2) is 82.6 Å². The van der Waals surface area contributed by atoms with Crippen LogP contribution in [0.4, 0.5) is 5.69 Å². The highest BCUT2D eigenvalue weighted by atomic mass is 32.2. The highest BCUT2D eigenvalue weighted by Gasteiger charge is 2.18. The van der Waals surface area contributed by atoms with Crippen LogP contribution in [0, 0.1) is 0 Å². The molecule has 0 atom stereocenters. The summed E-state index contributed by atoms with van der Waals surface area (Å²) >= 11 is 1.29. The number of esters is 1. The number of nitrogens with one attached hydrogen (secondary N) is 1. The molecule has 0 saturated heterocycles. The predicted molar refractivity (Wildman–Crippen MR) is 125 cm³/mol. The standard InChI is InChI=1S/C24H22N4O4S/c1-2-31-23(30)18-10-12-19(13-11-18)25-21(29)16-33-24-27-26-22(20-9-6-14-32-20)28(24)15-17-7-4-3-5-8-17/h3-14H,2,15-16H2,1H3,(H,25,29). The zero-order valence-corrected chi connectivity index (χ0v) is 18.7. The van der Waals surface area contributed by atoms with Crippen molar-refractivity contribution in [2.75, 3.05) is 17.7 Å². The number of hydrogen-bond donors (Lipinski definition) is 1. The Labute approximate surface area is 195 Å². The molecule has 1 N–H and O–H groups in total. The van der Waals surface area contributed by atoms with Crippen LogP contribution in [0.5, 0.6) is 0 Å². The van der Waals surface area contributed by atoms with E-state index in [0.29, 0.717) is 41.1 Å². The lowest BCUT2D eigenvalue weighted by atomic mass is 10.2. The number of thioether (sulfide) groups is 1. The summed E-state index contributed by atoms with van der Waals surface area (Å²) in [6.45, 7) is 2.61. The summed E-state index contributed by atoms with van der Waals surface area (Å²) < 4.78 is 12.4. The number of amides is 1. The molecule has 2 aromatic heterocycles. The number of rotatable bonds is 9. The quantitative estimate of drug-likeness (QED) is 0.289. The van der Waals surface area contributed by atoms with E-state index in [0.717, 1.165) is 5.56 Å². The maximum atomic E-state index is 12.5. The molecule has 33 heavy (non-hydrogen) atoms. The van der Waals surface area contributed by atoms with Gasteiger partial charge in [0.05, 0.1) is 30.7 Å². The van der Waals surface area contributed by atoms with Gasteiger partial charge in [0.25, 0.3) is 0 Å². The maximum absolute atomic E-state index is 12.5. The first-order valence-corrected chi connectivity index (χ1v) is 11.3. The van der Waals surface area contributed by atoms with E-state index in [9.17, 15) is 9.59 Å². The van der Waals surface area contributed by atoms with E-state index < -0.39 is 5.97 Å². The molecule has 0 aliphatic heterocycles. The van der Waals surface area contributed by atoms with Crippen LogP contribution in [0.1, 0.15) is 22.8 Å². The molecule has 0 radical (unpaired) electrons. The van der Waals surface area contributed by atoms with E-state index in [4.69, 9.17) is 9.15 Å². The number of furan rings is 1. The lowest BCUT2D eigenvalue weighted by Gasteiger charge is -2.10. The van der Waals surface area contributed by atoms with Gasteiger partial charge in [0.15, 0.2) is 10.9 Å². The summed E-state index contributed by atoms with van der Waals surface area (Å²) in [6.07, 6.45) is 1.59. The Balaban J connectivity index is 1.43. The Hall–Kier alpha value is -3.85. The van der Waals surface area contributed by atoms with Gasteiger partial charge >= 0.3 is 5.97 Å². The van der Waals surface area contributed by atoms with Crippen molar-refractivity contribution in [3.8, 4) is 11.6 Å². The Kier molecular flexibility index (Phi) is 7.21. The minimum Gasteiger partial charge on any atom is -0.462 e. The summed E-state index contributed by atoms with van der Waals surface area (Å²) in [7, 11) is 0. The highest BCUT2D eigenvalue weighted by Crippen LogP contribution is 2.25. The first-order chi connectivity index (χ1) is 16.1. The predicted octanol–water partition coefficient (Wildman–Crippen LogP) is 4.49. The molecule has 0 spiro atoms. The second kappa shape index (κ2) is 10.6. The zero-order chi connectivity index (χ0) is 23.0. The van der Waals surface area contributed by atoms with Gasteiger partial charge in [0, 0.05) is 5.69 Å². The smallest absolute Gasteiger partial charge is 0.338 e. The van der Waals surface area contributed by atoms with Gasteiger partial charge in [-0.3, -0.25) is 9.36 Å². The molecular weight excluding hydrogens is 440 g/mol. The van der Waals surface area contributed by atoms with Crippen LogP contribution in [0.3, 0.4) is 0 Å². The minimum absolute atomic E-state index is 0.144. The molecule has 0 aliphatic carbocycles. The summed E-state index contributed by atoms with van der Waals surface area (Å²) in [5, 5.41) is 12.0. The Morgan fingerprint density at radius 1 is 1.03 bits per heavy atom. The first kappa shape index (κ1) is 22.3. The van der Waals surface area contributed by atoms with E-state index >= 15 is 0 Å². The second-order valence-electron chi connectivity index (χ2n) is 6.99. The van der Waals surface area contributed by atoms with Crippen molar-refractivity contribution in [2.24, 2.45) is 0 Å². The molecule has 8 nitrogen and oxygen atoms in total. The molecular formula is C24H22N4O4S. The van der Waals surface area contributed by atoms with Gasteiger partial charge in [-0.2, -0.15) is 0 Å². The van der Waals surface area contributed by atoms with Gasteiger partial charge in [-0.15, -0.1) is 10.2 Å². The lowest BCUT2D eigenvalue weighted by molar-refractivity contribution is -0.113. The van der Waals surface area contributed by atoms with Gasteiger partial charge in [0.2, 0.25) is 11.7 Å². The monoisotopic (exact) mass is 462 g/mol. The van der Waals surface area contributed by atoms with Crippen LogP contribution in [-0.4, -0.2) is 39.0 Å². The van der Waals surface area contributed by atoms with Crippen molar-refractivity contribution < 1.29 is 18.7 Å². The highest BCUT2D eigenvalue weighted by molar-refractivity contribution is 7.99. The van der Waals surface area contributed by atoms with E-state index in [-0.39, 0.29) is 11.7 Å². The van der Waals surface area contributed by atoms with E-state index in [1.54, 1.807) is 43.5 Å². The van der Waals surface area contributed by atoms with Gasteiger partial charge in [0.1, 0.15) is 0 Å². The lowest BCUT2D eigenvalue weighted by Crippen LogP contribution is -2.15. The summed E-state index contributed by atoms with van der Waals surface area (Å²) in [4.78, 5) is 24.3. The van der Waals surface area contributed by atoms with Crippen LogP contribution < -0.4 is 5.32 Å². The fraction of sp³-hybridized carbons (Fsp3) is 0.167.